The van der Waals surface area contributed by atoms with Crippen molar-refractivity contribution in [3.63, 3.8) is 0 Å². The first-order valence-corrected chi connectivity index (χ1v) is 9.68. The van der Waals surface area contributed by atoms with Gasteiger partial charge in [0.1, 0.15) is 23.1 Å². The molecule has 3 rings (SSSR count). The van der Waals surface area contributed by atoms with Crippen LogP contribution in [0.1, 0.15) is 33.9 Å². The normalized spacial score (nSPS) is 10.4. The fourth-order valence-electron chi connectivity index (χ4n) is 2.94. The lowest BCUT2D eigenvalue weighted by Gasteiger charge is -2.10. The lowest BCUT2D eigenvalue weighted by molar-refractivity contribution is 0.0948. The first-order valence-electron chi connectivity index (χ1n) is 9.68. The largest absolute Gasteiger partial charge is 0.497 e. The maximum Gasteiger partial charge on any atom is 0.270 e. The van der Waals surface area contributed by atoms with E-state index in [9.17, 15) is 4.79 Å². The van der Waals surface area contributed by atoms with Crippen molar-refractivity contribution in [1.82, 2.24) is 15.3 Å². The average molecular weight is 390 g/mol. The summed E-state index contributed by atoms with van der Waals surface area (Å²) in [6, 6.07) is 19.7. The molecular formula is C23H26N4O2. The first-order chi connectivity index (χ1) is 14.1. The molecule has 0 aliphatic rings. The highest BCUT2D eigenvalue weighted by molar-refractivity contribution is 5.92. The van der Waals surface area contributed by atoms with E-state index in [1.54, 1.807) is 20.1 Å². The van der Waals surface area contributed by atoms with Crippen LogP contribution in [0.5, 0.6) is 5.75 Å². The molecule has 2 aromatic carbocycles. The smallest absolute Gasteiger partial charge is 0.270 e. The fourth-order valence-corrected chi connectivity index (χ4v) is 2.94. The predicted octanol–water partition coefficient (Wildman–Crippen LogP) is 3.77. The molecule has 3 aromatic rings. The summed E-state index contributed by atoms with van der Waals surface area (Å²) in [7, 11) is 1.64. The van der Waals surface area contributed by atoms with Gasteiger partial charge in [-0.05, 0) is 43.0 Å². The van der Waals surface area contributed by atoms with E-state index in [1.807, 2.05) is 42.5 Å². The Bertz CT molecular complexity index is 927. The molecule has 29 heavy (non-hydrogen) atoms. The topological polar surface area (TPSA) is 76.1 Å². The van der Waals surface area contributed by atoms with Gasteiger partial charge < -0.3 is 15.4 Å². The molecule has 0 spiro atoms. The number of amides is 1. The highest BCUT2D eigenvalue weighted by atomic mass is 16.5. The quantitative estimate of drug-likeness (QED) is 0.544. The molecule has 0 bridgehead atoms. The molecule has 0 aliphatic carbocycles. The number of hydrogen-bond acceptors (Lipinski definition) is 5. The van der Waals surface area contributed by atoms with Gasteiger partial charge in [0.2, 0.25) is 0 Å². The SMILES string of the molecule is COc1ccc(CNc2cc(C(=O)NCCCc3ccccc3)nc(C)n2)cc1. The van der Waals surface area contributed by atoms with Crippen molar-refractivity contribution in [1.29, 1.82) is 0 Å². The third-order valence-corrected chi connectivity index (χ3v) is 4.47. The van der Waals surface area contributed by atoms with E-state index in [0.717, 1.165) is 24.2 Å². The first kappa shape index (κ1) is 20.3. The molecular weight excluding hydrogens is 364 g/mol. The van der Waals surface area contributed by atoms with E-state index in [2.05, 4.69) is 32.7 Å². The summed E-state index contributed by atoms with van der Waals surface area (Å²) in [5.74, 6) is 1.82. The molecule has 0 radical (unpaired) electrons. The van der Waals surface area contributed by atoms with Crippen molar-refractivity contribution >= 4 is 11.7 Å². The highest BCUT2D eigenvalue weighted by Gasteiger charge is 2.10. The summed E-state index contributed by atoms with van der Waals surface area (Å²) in [6.07, 6.45) is 1.81. The van der Waals surface area contributed by atoms with E-state index < -0.39 is 0 Å². The van der Waals surface area contributed by atoms with E-state index in [-0.39, 0.29) is 5.91 Å². The molecule has 0 saturated carbocycles. The van der Waals surface area contributed by atoms with E-state index >= 15 is 0 Å². The number of nitrogens with zero attached hydrogens (tertiary/aromatic N) is 2. The summed E-state index contributed by atoms with van der Waals surface area (Å²) in [5, 5.41) is 6.19. The minimum atomic E-state index is -0.184. The van der Waals surface area contributed by atoms with Crippen molar-refractivity contribution in [3.05, 3.63) is 83.3 Å². The zero-order valence-electron chi connectivity index (χ0n) is 16.8. The van der Waals surface area contributed by atoms with E-state index in [1.165, 1.54) is 5.56 Å². The lowest BCUT2D eigenvalue weighted by Crippen LogP contribution is -2.26. The number of rotatable bonds is 9. The van der Waals surface area contributed by atoms with Crippen LogP contribution in [0.3, 0.4) is 0 Å². The number of carbonyl (C=O) groups excluding carboxylic acids is 1. The number of nitrogens with one attached hydrogen (secondary N) is 2. The second-order valence-corrected chi connectivity index (χ2v) is 6.73. The number of ether oxygens (including phenoxy) is 1. The van der Waals surface area contributed by atoms with Crippen LogP contribution < -0.4 is 15.4 Å². The fraction of sp³-hybridized carbons (Fsp3) is 0.261. The van der Waals surface area contributed by atoms with Crippen LogP contribution in [0, 0.1) is 6.92 Å². The molecule has 6 nitrogen and oxygen atoms in total. The maximum absolute atomic E-state index is 12.5. The predicted molar refractivity (Wildman–Crippen MR) is 114 cm³/mol. The number of aromatic nitrogens is 2. The van der Waals surface area contributed by atoms with Crippen LogP contribution in [-0.4, -0.2) is 29.5 Å². The Balaban J connectivity index is 1.52. The summed E-state index contributed by atoms with van der Waals surface area (Å²) >= 11 is 0. The van der Waals surface area contributed by atoms with Gasteiger partial charge in [0.05, 0.1) is 7.11 Å². The van der Waals surface area contributed by atoms with Crippen molar-refractivity contribution < 1.29 is 9.53 Å². The van der Waals surface area contributed by atoms with Gasteiger partial charge in [-0.1, -0.05) is 42.5 Å². The van der Waals surface area contributed by atoms with Crippen LogP contribution in [-0.2, 0) is 13.0 Å². The molecule has 0 saturated heterocycles. The summed E-state index contributed by atoms with van der Waals surface area (Å²) in [5.41, 5.74) is 2.73. The minimum Gasteiger partial charge on any atom is -0.497 e. The summed E-state index contributed by atoms with van der Waals surface area (Å²) in [6.45, 7) is 2.98. The number of methoxy groups -OCH3 is 1. The molecule has 1 amide bonds. The third kappa shape index (κ3) is 6.31. The minimum absolute atomic E-state index is 0.184. The second kappa shape index (κ2) is 10.2. The van der Waals surface area contributed by atoms with E-state index in [0.29, 0.717) is 30.4 Å². The zero-order valence-corrected chi connectivity index (χ0v) is 16.8. The van der Waals surface area contributed by atoms with Gasteiger partial charge in [0.15, 0.2) is 0 Å². The summed E-state index contributed by atoms with van der Waals surface area (Å²) < 4.78 is 5.17. The Kier molecular flexibility index (Phi) is 7.16. The third-order valence-electron chi connectivity index (χ3n) is 4.47. The van der Waals surface area contributed by atoms with Gasteiger partial charge in [0.25, 0.3) is 5.91 Å². The van der Waals surface area contributed by atoms with Gasteiger partial charge in [0, 0.05) is 19.2 Å². The molecule has 6 heteroatoms. The number of carbonyl (C=O) groups is 1. The Morgan fingerprint density at radius 3 is 2.48 bits per heavy atom. The van der Waals surface area contributed by atoms with E-state index in [4.69, 9.17) is 4.74 Å². The number of hydrogen-bond donors (Lipinski definition) is 2. The molecule has 1 aromatic heterocycles. The molecule has 2 N–H and O–H groups in total. The highest BCUT2D eigenvalue weighted by Crippen LogP contribution is 2.13. The van der Waals surface area contributed by atoms with Crippen LogP contribution in [0.15, 0.2) is 60.7 Å². The van der Waals surface area contributed by atoms with Crippen molar-refractivity contribution in [2.75, 3.05) is 19.0 Å². The average Bonchev–Trinajstić information content (AvgIpc) is 2.76. The van der Waals surface area contributed by atoms with Gasteiger partial charge in [-0.3, -0.25) is 4.79 Å². The van der Waals surface area contributed by atoms with Crippen LogP contribution in [0.4, 0.5) is 5.82 Å². The molecule has 150 valence electrons. The Labute approximate surface area is 171 Å². The Morgan fingerprint density at radius 1 is 1.00 bits per heavy atom. The number of anilines is 1. The standard InChI is InChI=1S/C23H26N4O2/c1-17-26-21(23(28)24-14-6-9-18-7-4-3-5-8-18)15-22(27-17)25-16-19-10-12-20(29-2)13-11-19/h3-5,7-8,10-13,15H,6,9,14,16H2,1-2H3,(H,24,28)(H,25,26,27). The monoisotopic (exact) mass is 390 g/mol. The molecule has 0 unspecified atom stereocenters. The maximum atomic E-state index is 12.5. The number of aryl methyl sites for hydroxylation is 2. The van der Waals surface area contributed by atoms with Crippen molar-refractivity contribution in [2.24, 2.45) is 0 Å². The van der Waals surface area contributed by atoms with Crippen molar-refractivity contribution in [2.45, 2.75) is 26.3 Å². The zero-order chi connectivity index (χ0) is 20.5. The van der Waals surface area contributed by atoms with Gasteiger partial charge in [-0.2, -0.15) is 0 Å². The molecule has 0 atom stereocenters. The number of benzene rings is 2. The van der Waals surface area contributed by atoms with Crippen LogP contribution >= 0.6 is 0 Å². The van der Waals surface area contributed by atoms with Crippen LogP contribution in [0.25, 0.3) is 0 Å². The second-order valence-electron chi connectivity index (χ2n) is 6.73. The van der Waals surface area contributed by atoms with Crippen molar-refractivity contribution in [3.8, 4) is 5.75 Å². The van der Waals surface area contributed by atoms with Gasteiger partial charge in [-0.15, -0.1) is 0 Å². The van der Waals surface area contributed by atoms with Crippen LogP contribution in [0.2, 0.25) is 0 Å². The lowest BCUT2D eigenvalue weighted by atomic mass is 10.1. The Hall–Kier alpha value is -3.41. The Morgan fingerprint density at radius 2 is 1.76 bits per heavy atom. The molecule has 1 heterocycles. The van der Waals surface area contributed by atoms with Gasteiger partial charge in [-0.25, -0.2) is 9.97 Å². The molecule has 0 aliphatic heterocycles. The van der Waals surface area contributed by atoms with Gasteiger partial charge >= 0.3 is 0 Å². The summed E-state index contributed by atoms with van der Waals surface area (Å²) in [4.78, 5) is 21.1. The molecule has 0 fully saturated rings.